The first kappa shape index (κ1) is 21.6. The fourth-order valence-electron chi connectivity index (χ4n) is 3.60. The Hall–Kier alpha value is -3.66. The maximum Gasteiger partial charge on any atom is 0.307 e. The van der Waals surface area contributed by atoms with Crippen molar-refractivity contribution in [2.24, 2.45) is 16.9 Å². The molecule has 1 aliphatic carbocycles. The molecule has 0 spiro atoms. The van der Waals surface area contributed by atoms with E-state index >= 15 is 0 Å². The molecule has 2 heterocycles. The molecule has 0 radical (unpaired) electrons. The Morgan fingerprint density at radius 2 is 1.84 bits per heavy atom. The average molecular weight is 455 g/mol. The van der Waals surface area contributed by atoms with Crippen LogP contribution in [0.1, 0.15) is 35.0 Å². The van der Waals surface area contributed by atoms with E-state index in [0.29, 0.717) is 46.2 Å². The number of hydrazone groups is 1. The molecule has 0 saturated heterocycles. The van der Waals surface area contributed by atoms with Gasteiger partial charge in [0.1, 0.15) is 0 Å². The van der Waals surface area contributed by atoms with Gasteiger partial charge in [-0.25, -0.2) is 5.43 Å². The van der Waals surface area contributed by atoms with Crippen molar-refractivity contribution < 1.29 is 29.0 Å². The van der Waals surface area contributed by atoms with Crippen LogP contribution in [0.5, 0.6) is 11.5 Å². The Labute approximate surface area is 187 Å². The molecule has 2 amide bonds. The van der Waals surface area contributed by atoms with Crippen LogP contribution in [-0.4, -0.2) is 35.4 Å². The lowest BCUT2D eigenvalue weighted by Crippen LogP contribution is -2.35. The van der Waals surface area contributed by atoms with Crippen molar-refractivity contribution in [1.29, 1.82) is 0 Å². The smallest absolute Gasteiger partial charge is 0.307 e. The molecule has 0 unspecified atom stereocenters. The minimum atomic E-state index is -1.01. The number of anilines is 1. The first-order valence-electron chi connectivity index (χ1n) is 9.95. The van der Waals surface area contributed by atoms with Crippen molar-refractivity contribution in [2.45, 2.75) is 19.8 Å². The van der Waals surface area contributed by atoms with Gasteiger partial charge in [-0.3, -0.25) is 14.4 Å². The predicted molar refractivity (Wildman–Crippen MR) is 118 cm³/mol. The highest BCUT2D eigenvalue weighted by Crippen LogP contribution is 2.38. The second-order valence-corrected chi connectivity index (χ2v) is 8.30. The summed E-state index contributed by atoms with van der Waals surface area (Å²) in [6, 6.07) is 6.74. The molecule has 1 aliphatic heterocycles. The first-order valence-corrected chi connectivity index (χ1v) is 10.8. The normalized spacial score (nSPS) is 19.5. The van der Waals surface area contributed by atoms with Crippen LogP contribution >= 0.6 is 11.3 Å². The lowest BCUT2D eigenvalue weighted by Gasteiger charge is -2.24. The number of carboxylic acids is 1. The number of carbonyl (C=O) groups is 3. The maximum atomic E-state index is 13.0. The number of allylic oxidation sites excluding steroid dienone is 2. The van der Waals surface area contributed by atoms with Gasteiger partial charge in [0, 0.05) is 11.6 Å². The van der Waals surface area contributed by atoms with Gasteiger partial charge in [-0.1, -0.05) is 18.2 Å². The molecule has 2 atom stereocenters. The molecule has 3 N–H and O–H groups in total. The molecule has 32 heavy (non-hydrogen) atoms. The Morgan fingerprint density at radius 3 is 2.53 bits per heavy atom. The number of ether oxygens (including phenoxy) is 2. The lowest BCUT2D eigenvalue weighted by molar-refractivity contribution is -0.146. The number of carbonyl (C=O) groups excluding carboxylic acids is 2. The maximum absolute atomic E-state index is 13.0. The van der Waals surface area contributed by atoms with Crippen LogP contribution in [0.2, 0.25) is 0 Å². The Morgan fingerprint density at radius 1 is 1.12 bits per heavy atom. The van der Waals surface area contributed by atoms with E-state index < -0.39 is 23.7 Å². The Balaban J connectivity index is 1.59. The third-order valence-electron chi connectivity index (χ3n) is 5.32. The number of benzene rings is 1. The van der Waals surface area contributed by atoms with Gasteiger partial charge in [-0.2, -0.15) is 5.10 Å². The molecule has 0 fully saturated rings. The van der Waals surface area contributed by atoms with Crippen molar-refractivity contribution in [3.63, 3.8) is 0 Å². The summed E-state index contributed by atoms with van der Waals surface area (Å²) in [6.07, 6.45) is 4.24. The number of carboxylic acid groups (broad SMARTS) is 1. The van der Waals surface area contributed by atoms with E-state index in [9.17, 15) is 19.5 Å². The van der Waals surface area contributed by atoms with Gasteiger partial charge < -0.3 is 19.9 Å². The van der Waals surface area contributed by atoms with Crippen molar-refractivity contribution in [3.8, 4) is 11.5 Å². The van der Waals surface area contributed by atoms with Crippen molar-refractivity contribution in [3.05, 3.63) is 52.2 Å². The molecule has 0 saturated carbocycles. The SMILES string of the molecule is C/C(=N/NC(=O)c1cccs1)c1cc2c(cc1NC(=O)[C@@H]1CC=CC[C@H]1C(=O)O)OCO2. The highest BCUT2D eigenvalue weighted by Gasteiger charge is 2.34. The van der Waals surface area contributed by atoms with E-state index in [0.717, 1.165) is 0 Å². The molecule has 0 bridgehead atoms. The largest absolute Gasteiger partial charge is 0.481 e. The molecule has 1 aromatic carbocycles. The topological polar surface area (TPSA) is 126 Å². The Kier molecular flexibility index (Phi) is 6.22. The van der Waals surface area contributed by atoms with Crippen LogP contribution in [0.25, 0.3) is 0 Å². The van der Waals surface area contributed by atoms with Gasteiger partial charge >= 0.3 is 5.97 Å². The van der Waals surface area contributed by atoms with Crippen molar-refractivity contribution in [2.75, 3.05) is 12.1 Å². The van der Waals surface area contributed by atoms with Crippen LogP contribution in [0, 0.1) is 11.8 Å². The fourth-order valence-corrected chi connectivity index (χ4v) is 4.22. The number of hydrogen-bond donors (Lipinski definition) is 3. The van der Waals surface area contributed by atoms with Crippen LogP contribution in [0.15, 0.2) is 46.9 Å². The third kappa shape index (κ3) is 4.50. The van der Waals surface area contributed by atoms with Crippen LogP contribution in [0.4, 0.5) is 5.69 Å². The predicted octanol–water partition coefficient (Wildman–Crippen LogP) is 3.24. The first-order chi connectivity index (χ1) is 15.4. The summed E-state index contributed by atoms with van der Waals surface area (Å²) in [6.45, 7) is 1.73. The van der Waals surface area contributed by atoms with Gasteiger partial charge in [-0.15, -0.1) is 11.3 Å². The van der Waals surface area contributed by atoms with Crippen LogP contribution in [0.3, 0.4) is 0 Å². The molecule has 9 nitrogen and oxygen atoms in total. The quantitative estimate of drug-likeness (QED) is 0.349. The number of nitrogens with one attached hydrogen (secondary N) is 2. The van der Waals surface area contributed by atoms with E-state index in [-0.39, 0.29) is 12.7 Å². The molecular weight excluding hydrogens is 434 g/mol. The number of thiophene rings is 1. The van der Waals surface area contributed by atoms with Crippen LogP contribution in [-0.2, 0) is 9.59 Å². The van der Waals surface area contributed by atoms with Gasteiger partial charge in [0.15, 0.2) is 11.5 Å². The zero-order valence-corrected chi connectivity index (χ0v) is 18.0. The summed E-state index contributed by atoms with van der Waals surface area (Å²) in [5.41, 5.74) is 3.85. The van der Waals surface area contributed by atoms with E-state index in [1.807, 2.05) is 6.08 Å². The van der Waals surface area contributed by atoms with E-state index in [2.05, 4.69) is 15.8 Å². The third-order valence-corrected chi connectivity index (χ3v) is 6.19. The number of aliphatic carboxylic acids is 1. The average Bonchev–Trinajstić information content (AvgIpc) is 3.48. The monoisotopic (exact) mass is 455 g/mol. The number of rotatable bonds is 6. The van der Waals surface area contributed by atoms with Gasteiger partial charge in [0.2, 0.25) is 12.7 Å². The van der Waals surface area contributed by atoms with E-state index in [4.69, 9.17) is 9.47 Å². The number of amides is 2. The second kappa shape index (κ2) is 9.23. The van der Waals surface area contributed by atoms with Gasteiger partial charge in [0.05, 0.1) is 28.1 Å². The second-order valence-electron chi connectivity index (χ2n) is 7.35. The zero-order chi connectivity index (χ0) is 22.7. The molecule has 166 valence electrons. The number of nitrogens with zero attached hydrogens (tertiary/aromatic N) is 1. The molecule has 4 rings (SSSR count). The Bertz CT molecular complexity index is 1110. The minimum absolute atomic E-state index is 0.0476. The van der Waals surface area contributed by atoms with E-state index in [1.165, 1.54) is 11.3 Å². The van der Waals surface area contributed by atoms with Crippen LogP contribution < -0.4 is 20.2 Å². The molecule has 2 aromatic rings. The zero-order valence-electron chi connectivity index (χ0n) is 17.2. The van der Waals surface area contributed by atoms with Gasteiger partial charge in [0.25, 0.3) is 5.91 Å². The van der Waals surface area contributed by atoms with E-state index in [1.54, 1.807) is 42.6 Å². The fraction of sp³-hybridized carbons (Fsp3) is 0.273. The summed E-state index contributed by atoms with van der Waals surface area (Å²) in [7, 11) is 0. The molecule has 1 aromatic heterocycles. The minimum Gasteiger partial charge on any atom is -0.481 e. The summed E-state index contributed by atoms with van der Waals surface area (Å²) in [5, 5.41) is 18.3. The number of fused-ring (bicyclic) bond motifs is 1. The highest BCUT2D eigenvalue weighted by molar-refractivity contribution is 7.12. The summed E-state index contributed by atoms with van der Waals surface area (Å²) < 4.78 is 10.9. The molecule has 10 heteroatoms. The van der Waals surface area contributed by atoms with Crippen molar-refractivity contribution in [1.82, 2.24) is 5.43 Å². The molecular formula is C22H21N3O6S. The summed E-state index contributed by atoms with van der Waals surface area (Å²) >= 11 is 1.30. The van der Waals surface area contributed by atoms with Gasteiger partial charge in [-0.05, 0) is 37.3 Å². The lowest BCUT2D eigenvalue weighted by atomic mass is 9.82. The van der Waals surface area contributed by atoms with Crippen molar-refractivity contribution >= 4 is 40.5 Å². The summed E-state index contributed by atoms with van der Waals surface area (Å²) in [4.78, 5) is 37.3. The highest BCUT2D eigenvalue weighted by atomic mass is 32.1. The standard InChI is InChI=1S/C22H21N3O6S/c1-12(24-25-21(27)19-7-4-8-32-19)15-9-17-18(31-11-30-17)10-16(15)23-20(26)13-5-2-3-6-14(13)22(28)29/h2-4,7-10,13-14H,5-6,11H2,1H3,(H,23,26)(H,25,27)(H,28,29)/b24-12-/t13-,14-/m1/s1. The number of hydrogen-bond acceptors (Lipinski definition) is 7. The summed E-state index contributed by atoms with van der Waals surface area (Å²) in [5.74, 6) is -2.31. The molecule has 2 aliphatic rings.